The molecule has 0 fully saturated rings. The van der Waals surface area contributed by atoms with Crippen LogP contribution in [0, 0.1) is 6.92 Å². The van der Waals surface area contributed by atoms with Crippen molar-refractivity contribution in [2.24, 2.45) is 0 Å². The zero-order chi connectivity index (χ0) is 19.4. The van der Waals surface area contributed by atoms with E-state index in [4.69, 9.17) is 32.5 Å². The first kappa shape index (κ1) is 19.4. The third kappa shape index (κ3) is 4.48. The first-order valence-electron chi connectivity index (χ1n) is 8.48. The van der Waals surface area contributed by atoms with E-state index in [0.29, 0.717) is 23.1 Å². The molecule has 9 heteroatoms. The highest BCUT2D eigenvalue weighted by Crippen LogP contribution is 2.22. The number of ether oxygens (including phenoxy) is 1. The van der Waals surface area contributed by atoms with Crippen LogP contribution in [0.15, 0.2) is 28.8 Å². The number of rotatable bonds is 7. The number of carbonyl (C=O) groups excluding carboxylic acids is 1. The van der Waals surface area contributed by atoms with E-state index in [-0.39, 0.29) is 23.2 Å². The summed E-state index contributed by atoms with van der Waals surface area (Å²) in [4.78, 5) is 16.6. The second-order valence-corrected chi connectivity index (χ2v) is 6.72. The summed E-state index contributed by atoms with van der Waals surface area (Å²) in [6, 6.07) is 7.01. The van der Waals surface area contributed by atoms with E-state index in [1.54, 1.807) is 35.9 Å². The van der Waals surface area contributed by atoms with Crippen LogP contribution in [0.1, 0.15) is 41.7 Å². The summed E-state index contributed by atoms with van der Waals surface area (Å²) in [6.45, 7) is 4.28. The monoisotopic (exact) mass is 408 g/mol. The van der Waals surface area contributed by atoms with Crippen molar-refractivity contribution in [3.05, 3.63) is 51.6 Å². The molecule has 0 N–H and O–H groups in total. The SMILES string of the molecule is CCCCn1nc(C)c(C(=O)OCc2nc(-c3ccc(Cl)cc3)no2)c1Cl. The third-order valence-electron chi connectivity index (χ3n) is 3.89. The van der Waals surface area contributed by atoms with Crippen molar-refractivity contribution in [3.8, 4) is 11.4 Å². The normalized spacial score (nSPS) is 11.0. The van der Waals surface area contributed by atoms with Gasteiger partial charge in [-0.2, -0.15) is 10.1 Å². The fourth-order valence-corrected chi connectivity index (χ4v) is 2.93. The van der Waals surface area contributed by atoms with Crippen molar-refractivity contribution in [1.82, 2.24) is 19.9 Å². The van der Waals surface area contributed by atoms with Gasteiger partial charge in [0.25, 0.3) is 5.89 Å². The number of aryl methyl sites for hydroxylation is 2. The highest BCUT2D eigenvalue weighted by Gasteiger charge is 2.22. The number of halogens is 2. The van der Waals surface area contributed by atoms with E-state index in [0.717, 1.165) is 18.4 Å². The van der Waals surface area contributed by atoms with Crippen molar-refractivity contribution in [2.75, 3.05) is 0 Å². The number of hydrogen-bond acceptors (Lipinski definition) is 6. The standard InChI is InChI=1S/C18H18Cl2N4O3/c1-3-4-9-24-16(20)15(11(2)22-24)18(25)26-10-14-21-17(23-27-14)12-5-7-13(19)8-6-12/h5-8H,3-4,9-10H2,1-2H3. The van der Waals surface area contributed by atoms with Gasteiger partial charge in [-0.25, -0.2) is 4.79 Å². The summed E-state index contributed by atoms with van der Waals surface area (Å²) < 4.78 is 12.0. The van der Waals surface area contributed by atoms with Gasteiger partial charge in [0.1, 0.15) is 10.7 Å². The predicted octanol–water partition coefficient (Wildman–Crippen LogP) is 4.71. The lowest BCUT2D eigenvalue weighted by Gasteiger charge is -2.03. The van der Waals surface area contributed by atoms with Crippen molar-refractivity contribution in [1.29, 1.82) is 0 Å². The lowest BCUT2D eigenvalue weighted by Crippen LogP contribution is -2.07. The highest BCUT2D eigenvalue weighted by molar-refractivity contribution is 6.32. The molecule has 3 rings (SSSR count). The fourth-order valence-electron chi connectivity index (χ4n) is 2.47. The molecule has 0 bridgehead atoms. The smallest absolute Gasteiger partial charge is 0.343 e. The minimum Gasteiger partial charge on any atom is -0.452 e. The molecule has 0 amide bonds. The number of unbranched alkanes of at least 4 members (excludes halogenated alkanes) is 1. The van der Waals surface area contributed by atoms with Gasteiger partial charge in [-0.3, -0.25) is 4.68 Å². The van der Waals surface area contributed by atoms with Crippen LogP contribution in [-0.2, 0) is 17.9 Å². The Balaban J connectivity index is 1.66. The number of hydrogen-bond donors (Lipinski definition) is 0. The Hall–Kier alpha value is -2.38. The summed E-state index contributed by atoms with van der Waals surface area (Å²) in [5.74, 6) is -0.00810. The molecule has 0 spiro atoms. The number of esters is 1. The second kappa shape index (κ2) is 8.54. The lowest BCUT2D eigenvalue weighted by molar-refractivity contribution is 0.0429. The molecular weight excluding hydrogens is 391 g/mol. The van der Waals surface area contributed by atoms with Crippen LogP contribution >= 0.6 is 23.2 Å². The third-order valence-corrected chi connectivity index (χ3v) is 4.53. The van der Waals surface area contributed by atoms with E-state index in [1.165, 1.54) is 0 Å². The van der Waals surface area contributed by atoms with Crippen LogP contribution in [0.4, 0.5) is 0 Å². The molecule has 2 heterocycles. The topological polar surface area (TPSA) is 83.0 Å². The zero-order valence-electron chi connectivity index (χ0n) is 14.9. The van der Waals surface area contributed by atoms with Crippen LogP contribution in [0.5, 0.6) is 0 Å². The molecule has 0 radical (unpaired) electrons. The summed E-state index contributed by atoms with van der Waals surface area (Å²) in [7, 11) is 0. The van der Waals surface area contributed by atoms with E-state index >= 15 is 0 Å². The molecule has 0 aliphatic heterocycles. The quantitative estimate of drug-likeness (QED) is 0.526. The van der Waals surface area contributed by atoms with Gasteiger partial charge in [0.15, 0.2) is 6.61 Å². The minimum absolute atomic E-state index is 0.157. The van der Waals surface area contributed by atoms with Crippen LogP contribution in [0.25, 0.3) is 11.4 Å². The maximum atomic E-state index is 12.4. The summed E-state index contributed by atoms with van der Waals surface area (Å²) >= 11 is 12.1. The fraction of sp³-hybridized carbons (Fsp3) is 0.333. The maximum Gasteiger partial charge on any atom is 0.343 e. The van der Waals surface area contributed by atoms with E-state index in [1.807, 2.05) is 0 Å². The van der Waals surface area contributed by atoms with Crippen LogP contribution in [0.3, 0.4) is 0 Å². The van der Waals surface area contributed by atoms with Crippen molar-refractivity contribution in [2.45, 2.75) is 39.8 Å². The molecule has 3 aromatic rings. The molecule has 0 aliphatic rings. The molecule has 142 valence electrons. The average molecular weight is 409 g/mol. The largest absolute Gasteiger partial charge is 0.452 e. The lowest BCUT2D eigenvalue weighted by atomic mass is 10.2. The number of aromatic nitrogens is 4. The van der Waals surface area contributed by atoms with Crippen molar-refractivity contribution < 1.29 is 14.1 Å². The summed E-state index contributed by atoms with van der Waals surface area (Å²) in [5.41, 5.74) is 1.52. The second-order valence-electron chi connectivity index (χ2n) is 5.92. The van der Waals surface area contributed by atoms with E-state index < -0.39 is 5.97 Å². The first-order chi connectivity index (χ1) is 13.0. The van der Waals surface area contributed by atoms with Crippen molar-refractivity contribution in [3.63, 3.8) is 0 Å². The zero-order valence-corrected chi connectivity index (χ0v) is 16.4. The first-order valence-corrected chi connectivity index (χ1v) is 9.23. The Bertz CT molecular complexity index is 935. The van der Waals surface area contributed by atoms with Gasteiger partial charge in [0.2, 0.25) is 5.82 Å². The Morgan fingerprint density at radius 3 is 2.70 bits per heavy atom. The maximum absolute atomic E-state index is 12.4. The Kier molecular flexibility index (Phi) is 6.13. The minimum atomic E-state index is -0.577. The molecule has 7 nitrogen and oxygen atoms in total. The predicted molar refractivity (Wildman–Crippen MR) is 101 cm³/mol. The number of benzene rings is 1. The number of carbonyl (C=O) groups is 1. The van der Waals surface area contributed by atoms with Gasteiger partial charge in [0.05, 0.1) is 5.69 Å². The van der Waals surface area contributed by atoms with Gasteiger partial charge >= 0.3 is 5.97 Å². The molecule has 0 saturated heterocycles. The Morgan fingerprint density at radius 2 is 2.00 bits per heavy atom. The molecule has 0 aliphatic carbocycles. The molecular formula is C18H18Cl2N4O3. The molecule has 1 aromatic carbocycles. The van der Waals surface area contributed by atoms with Crippen molar-refractivity contribution >= 4 is 29.2 Å². The van der Waals surface area contributed by atoms with E-state index in [2.05, 4.69) is 22.2 Å². The van der Waals surface area contributed by atoms with Gasteiger partial charge in [0, 0.05) is 17.1 Å². The van der Waals surface area contributed by atoms with Gasteiger partial charge < -0.3 is 9.26 Å². The summed E-state index contributed by atoms with van der Waals surface area (Å²) in [6.07, 6.45) is 1.92. The van der Waals surface area contributed by atoms with Crippen LogP contribution in [-0.4, -0.2) is 25.9 Å². The Morgan fingerprint density at radius 1 is 1.26 bits per heavy atom. The highest BCUT2D eigenvalue weighted by atomic mass is 35.5. The number of nitrogens with zero attached hydrogens (tertiary/aromatic N) is 4. The van der Waals surface area contributed by atoms with Gasteiger partial charge in [-0.1, -0.05) is 41.7 Å². The molecule has 0 atom stereocenters. The average Bonchev–Trinajstić information content (AvgIpc) is 3.23. The van der Waals surface area contributed by atoms with E-state index in [9.17, 15) is 4.79 Å². The van der Waals surface area contributed by atoms with Crippen LogP contribution in [0.2, 0.25) is 10.2 Å². The summed E-state index contributed by atoms with van der Waals surface area (Å²) in [5, 5.41) is 9.06. The molecule has 2 aromatic heterocycles. The van der Waals surface area contributed by atoms with Gasteiger partial charge in [-0.05, 0) is 37.6 Å². The molecule has 0 saturated carbocycles. The molecule has 0 unspecified atom stereocenters. The van der Waals surface area contributed by atoms with Gasteiger partial charge in [-0.15, -0.1) is 0 Å². The molecule has 27 heavy (non-hydrogen) atoms. The van der Waals surface area contributed by atoms with Crippen LogP contribution < -0.4 is 0 Å². The Labute approximate surface area is 166 Å².